The summed E-state index contributed by atoms with van der Waals surface area (Å²) >= 11 is 0. The normalized spacial score (nSPS) is 15.5. The monoisotopic (exact) mass is 288 g/mol. The van der Waals surface area contributed by atoms with Gasteiger partial charge < -0.3 is 10.0 Å². The van der Waals surface area contributed by atoms with Crippen LogP contribution in [-0.4, -0.2) is 40.5 Å². The molecule has 1 aliphatic rings. The van der Waals surface area contributed by atoms with Crippen LogP contribution < -0.4 is 0 Å². The number of rotatable bonds is 5. The van der Waals surface area contributed by atoms with Crippen molar-refractivity contribution >= 4 is 18.0 Å². The molecule has 0 spiro atoms. The van der Waals surface area contributed by atoms with E-state index in [0.717, 1.165) is 12.6 Å². The second kappa shape index (κ2) is 7.02. The summed E-state index contributed by atoms with van der Waals surface area (Å²) in [7, 11) is 1.80. The number of hydrogen-bond donors (Lipinski definition) is 1. The average Bonchev–Trinajstić information content (AvgIpc) is 2.97. The number of hydrogen-bond acceptors (Lipinski definition) is 3. The number of carbonyl (C=O) groups excluding carboxylic acids is 1. The summed E-state index contributed by atoms with van der Waals surface area (Å²) in [5.74, 6) is -0.551. The van der Waals surface area contributed by atoms with E-state index in [1.54, 1.807) is 24.2 Å². The lowest BCUT2D eigenvalue weighted by Gasteiger charge is -2.21. The van der Waals surface area contributed by atoms with Crippen LogP contribution in [0.4, 0.5) is 0 Å². The van der Waals surface area contributed by atoms with E-state index in [9.17, 15) is 9.59 Å². The standard InChI is InChI=1S/C16H20N2O3/c1-18(11-12-4-2-3-5-12)16(21)14-8-9-17-10-13(14)6-7-15(19)20/h6-10,12H,2-5,11H2,1H3,(H,19,20). The van der Waals surface area contributed by atoms with E-state index in [1.165, 1.54) is 38.0 Å². The van der Waals surface area contributed by atoms with E-state index in [4.69, 9.17) is 5.11 Å². The Hall–Kier alpha value is -2.17. The zero-order valence-corrected chi connectivity index (χ0v) is 12.2. The minimum absolute atomic E-state index is 0.0886. The van der Waals surface area contributed by atoms with Crippen LogP contribution in [0, 0.1) is 5.92 Å². The maximum Gasteiger partial charge on any atom is 0.328 e. The molecule has 1 amide bonds. The molecule has 1 aromatic rings. The lowest BCUT2D eigenvalue weighted by Crippen LogP contribution is -2.31. The topological polar surface area (TPSA) is 70.5 Å². The molecule has 1 saturated carbocycles. The van der Waals surface area contributed by atoms with Gasteiger partial charge in [0.1, 0.15) is 0 Å². The van der Waals surface area contributed by atoms with Gasteiger partial charge in [0.15, 0.2) is 0 Å². The van der Waals surface area contributed by atoms with Gasteiger partial charge in [-0.2, -0.15) is 0 Å². The Labute approximate surface area is 124 Å². The fraction of sp³-hybridized carbons (Fsp3) is 0.438. The van der Waals surface area contributed by atoms with Crippen molar-refractivity contribution in [1.29, 1.82) is 0 Å². The molecule has 0 aliphatic heterocycles. The first-order chi connectivity index (χ1) is 10.1. The van der Waals surface area contributed by atoms with Gasteiger partial charge >= 0.3 is 5.97 Å². The van der Waals surface area contributed by atoms with Crippen molar-refractivity contribution in [2.45, 2.75) is 25.7 Å². The summed E-state index contributed by atoms with van der Waals surface area (Å²) in [6.45, 7) is 0.753. The highest BCUT2D eigenvalue weighted by atomic mass is 16.4. The van der Waals surface area contributed by atoms with E-state index in [-0.39, 0.29) is 5.91 Å². The van der Waals surface area contributed by atoms with Gasteiger partial charge in [-0.3, -0.25) is 9.78 Å². The first-order valence-corrected chi connectivity index (χ1v) is 7.18. The molecule has 2 rings (SSSR count). The molecular weight excluding hydrogens is 268 g/mol. The Bertz CT molecular complexity index is 548. The number of pyridine rings is 1. The van der Waals surface area contributed by atoms with E-state index >= 15 is 0 Å². The van der Waals surface area contributed by atoms with Gasteiger partial charge in [0.25, 0.3) is 5.91 Å². The fourth-order valence-electron chi connectivity index (χ4n) is 2.76. The summed E-state index contributed by atoms with van der Waals surface area (Å²) in [6, 6.07) is 1.63. The summed E-state index contributed by atoms with van der Waals surface area (Å²) in [4.78, 5) is 28.8. The zero-order valence-electron chi connectivity index (χ0n) is 12.2. The van der Waals surface area contributed by atoms with E-state index in [1.807, 2.05) is 0 Å². The highest BCUT2D eigenvalue weighted by Crippen LogP contribution is 2.25. The quantitative estimate of drug-likeness (QED) is 0.845. The van der Waals surface area contributed by atoms with Crippen molar-refractivity contribution < 1.29 is 14.7 Å². The SMILES string of the molecule is CN(CC1CCCC1)C(=O)c1ccncc1C=CC(=O)O. The van der Waals surface area contributed by atoms with Gasteiger partial charge in [0.2, 0.25) is 0 Å². The van der Waals surface area contributed by atoms with Crippen molar-refractivity contribution in [1.82, 2.24) is 9.88 Å². The van der Waals surface area contributed by atoms with Gasteiger partial charge in [0.05, 0.1) is 0 Å². The summed E-state index contributed by atoms with van der Waals surface area (Å²) in [5.41, 5.74) is 1.02. The van der Waals surface area contributed by atoms with Crippen LogP contribution in [0.15, 0.2) is 24.5 Å². The number of amides is 1. The van der Waals surface area contributed by atoms with Crippen LogP contribution in [0.25, 0.3) is 6.08 Å². The Kier molecular flexibility index (Phi) is 5.09. The third kappa shape index (κ3) is 4.15. The highest BCUT2D eigenvalue weighted by Gasteiger charge is 2.21. The molecule has 1 aliphatic carbocycles. The zero-order chi connectivity index (χ0) is 15.2. The number of aliphatic carboxylic acids is 1. The third-order valence-corrected chi connectivity index (χ3v) is 3.84. The first kappa shape index (κ1) is 15.2. The lowest BCUT2D eigenvalue weighted by molar-refractivity contribution is -0.131. The van der Waals surface area contributed by atoms with Crippen molar-refractivity contribution in [3.8, 4) is 0 Å². The minimum Gasteiger partial charge on any atom is -0.478 e. The van der Waals surface area contributed by atoms with Gasteiger partial charge in [-0.25, -0.2) is 4.79 Å². The van der Waals surface area contributed by atoms with Gasteiger partial charge in [-0.05, 0) is 30.9 Å². The molecule has 1 aromatic heterocycles. The van der Waals surface area contributed by atoms with Gasteiger partial charge in [-0.15, -0.1) is 0 Å². The molecule has 0 radical (unpaired) electrons. The van der Waals surface area contributed by atoms with Crippen molar-refractivity contribution in [3.05, 3.63) is 35.7 Å². The summed E-state index contributed by atoms with van der Waals surface area (Å²) in [6.07, 6.45) is 10.3. The molecule has 1 N–H and O–H groups in total. The summed E-state index contributed by atoms with van der Waals surface area (Å²) < 4.78 is 0. The molecule has 0 atom stereocenters. The van der Waals surface area contributed by atoms with Crippen LogP contribution in [0.5, 0.6) is 0 Å². The van der Waals surface area contributed by atoms with Crippen LogP contribution in [0.2, 0.25) is 0 Å². The number of carboxylic acid groups (broad SMARTS) is 1. The molecule has 0 bridgehead atoms. The van der Waals surface area contributed by atoms with Gasteiger partial charge in [-0.1, -0.05) is 12.8 Å². The van der Waals surface area contributed by atoms with Crippen LogP contribution in [0.1, 0.15) is 41.6 Å². The molecule has 0 unspecified atom stereocenters. The van der Waals surface area contributed by atoms with E-state index in [2.05, 4.69) is 4.98 Å². The largest absolute Gasteiger partial charge is 0.478 e. The Morgan fingerprint density at radius 1 is 1.43 bits per heavy atom. The van der Waals surface area contributed by atoms with Crippen molar-refractivity contribution in [3.63, 3.8) is 0 Å². The molecule has 5 heteroatoms. The molecule has 1 heterocycles. The van der Waals surface area contributed by atoms with Crippen LogP contribution >= 0.6 is 0 Å². The number of aromatic nitrogens is 1. The number of carbonyl (C=O) groups is 2. The fourth-order valence-corrected chi connectivity index (χ4v) is 2.76. The van der Waals surface area contributed by atoms with E-state index < -0.39 is 5.97 Å². The second-order valence-corrected chi connectivity index (χ2v) is 5.47. The van der Waals surface area contributed by atoms with E-state index in [0.29, 0.717) is 17.0 Å². The molecule has 21 heavy (non-hydrogen) atoms. The molecule has 0 saturated heterocycles. The van der Waals surface area contributed by atoms with Crippen LogP contribution in [0.3, 0.4) is 0 Å². The molecule has 5 nitrogen and oxygen atoms in total. The average molecular weight is 288 g/mol. The molecular formula is C16H20N2O3. The predicted octanol–water partition coefficient (Wildman–Crippen LogP) is 2.44. The van der Waals surface area contributed by atoms with Crippen molar-refractivity contribution in [2.75, 3.05) is 13.6 Å². The third-order valence-electron chi connectivity index (χ3n) is 3.84. The first-order valence-electron chi connectivity index (χ1n) is 7.18. The number of nitrogens with zero attached hydrogens (tertiary/aromatic N) is 2. The maximum absolute atomic E-state index is 12.5. The Morgan fingerprint density at radius 2 is 2.14 bits per heavy atom. The van der Waals surface area contributed by atoms with Crippen LogP contribution in [-0.2, 0) is 4.79 Å². The molecule has 112 valence electrons. The summed E-state index contributed by atoms with van der Waals surface area (Å²) in [5, 5.41) is 8.70. The smallest absolute Gasteiger partial charge is 0.328 e. The molecule has 1 fully saturated rings. The molecule has 0 aromatic carbocycles. The predicted molar refractivity (Wildman–Crippen MR) is 79.8 cm³/mol. The maximum atomic E-state index is 12.5. The minimum atomic E-state index is -1.04. The number of carboxylic acids is 1. The lowest BCUT2D eigenvalue weighted by atomic mass is 10.1. The second-order valence-electron chi connectivity index (χ2n) is 5.47. The highest BCUT2D eigenvalue weighted by molar-refractivity contribution is 5.98. The van der Waals surface area contributed by atoms with Crippen molar-refractivity contribution in [2.24, 2.45) is 5.92 Å². The van der Waals surface area contributed by atoms with Gasteiger partial charge in [0, 0.05) is 43.2 Å². The Morgan fingerprint density at radius 3 is 2.81 bits per heavy atom. The Balaban J connectivity index is 2.12.